The summed E-state index contributed by atoms with van der Waals surface area (Å²) in [5, 5.41) is 29.6. The maximum atomic E-state index is 10.9. The number of benzene rings is 1. The Morgan fingerprint density at radius 1 is 1.46 bits per heavy atom. The molecule has 0 unspecified atom stereocenters. The lowest BCUT2D eigenvalue weighted by molar-refractivity contribution is -0.131. The van der Waals surface area contributed by atoms with Gasteiger partial charge in [0.2, 0.25) is 0 Å². The summed E-state index contributed by atoms with van der Waals surface area (Å²) in [6.45, 7) is 0.810. The molecule has 2 rings (SSSR count). The molecule has 5 N–H and O–H groups in total. The number of hydrogen-bond acceptors (Lipinski definition) is 6. The Hall–Kier alpha value is -0.700. The van der Waals surface area contributed by atoms with Crippen LogP contribution in [0.5, 0.6) is 5.75 Å². The average molecular weight is 422 g/mol. The van der Waals surface area contributed by atoms with Gasteiger partial charge in [0.25, 0.3) is 0 Å². The van der Waals surface area contributed by atoms with E-state index in [9.17, 15) is 15.0 Å². The molecule has 1 heterocycles. The van der Waals surface area contributed by atoms with Crippen LogP contribution in [0.1, 0.15) is 24.4 Å². The van der Waals surface area contributed by atoms with Crippen molar-refractivity contribution < 1.29 is 20.1 Å². The van der Waals surface area contributed by atoms with E-state index in [-0.39, 0.29) is 24.3 Å². The second kappa shape index (κ2) is 8.12. The fraction of sp³-hybridized carbons (Fsp3) is 0.562. The van der Waals surface area contributed by atoms with Crippen LogP contribution >= 0.6 is 27.5 Å². The number of piperidine rings is 1. The fourth-order valence-electron chi connectivity index (χ4n) is 3.05. The van der Waals surface area contributed by atoms with Crippen LogP contribution in [0.15, 0.2) is 16.6 Å². The minimum Gasteiger partial charge on any atom is -0.508 e. The molecule has 2 atom stereocenters. The lowest BCUT2D eigenvalue weighted by Crippen LogP contribution is -2.50. The van der Waals surface area contributed by atoms with Gasteiger partial charge in [-0.2, -0.15) is 0 Å². The zero-order chi connectivity index (χ0) is 17.9. The number of aromatic hydroxyl groups is 1. The van der Waals surface area contributed by atoms with Gasteiger partial charge in [-0.15, -0.1) is 0 Å². The molecular weight excluding hydrogens is 400 g/mol. The number of aldehydes is 1. The van der Waals surface area contributed by atoms with Gasteiger partial charge in [0.15, 0.2) is 11.9 Å². The van der Waals surface area contributed by atoms with Crippen molar-refractivity contribution in [2.24, 2.45) is 11.7 Å². The van der Waals surface area contributed by atoms with Crippen LogP contribution in [-0.2, 0) is 4.79 Å². The van der Waals surface area contributed by atoms with Crippen molar-refractivity contribution in [3.05, 3.63) is 27.2 Å². The van der Waals surface area contributed by atoms with E-state index in [1.807, 2.05) is 4.90 Å². The molecule has 0 aliphatic carbocycles. The third-order valence-electron chi connectivity index (χ3n) is 4.56. The number of halogens is 2. The van der Waals surface area contributed by atoms with Crippen molar-refractivity contribution in [2.75, 3.05) is 26.2 Å². The topological polar surface area (TPSA) is 107 Å². The number of rotatable bonds is 6. The highest BCUT2D eigenvalue weighted by Gasteiger charge is 2.32. The molecule has 134 valence electrons. The normalized spacial score (nSPS) is 20.5. The Kier molecular flexibility index (Phi) is 6.64. The number of phenolic OH excluding ortho intramolecular Hbond substituents is 1. The number of aliphatic hydroxyl groups excluding tert-OH is 1. The van der Waals surface area contributed by atoms with E-state index < -0.39 is 12.2 Å². The number of β-amino-alcohol motifs (C(OH)–C–C–N with tert-alkyl or cyclic N) is 1. The summed E-state index contributed by atoms with van der Waals surface area (Å²) in [7, 11) is 0. The van der Waals surface area contributed by atoms with Crippen LogP contribution in [0.4, 0.5) is 0 Å². The molecule has 1 fully saturated rings. The average Bonchev–Trinajstić information content (AvgIpc) is 2.58. The van der Waals surface area contributed by atoms with Gasteiger partial charge in [-0.25, -0.2) is 0 Å². The fourth-order valence-corrected chi connectivity index (χ4v) is 3.56. The predicted octanol–water partition coefficient (Wildman–Crippen LogP) is 1.44. The second-order valence-electron chi connectivity index (χ2n) is 6.34. The van der Waals surface area contributed by atoms with E-state index in [1.165, 1.54) is 6.07 Å². The Balaban J connectivity index is 1.99. The first kappa shape index (κ1) is 19.6. The summed E-state index contributed by atoms with van der Waals surface area (Å²) >= 11 is 9.35. The molecule has 8 heteroatoms. The van der Waals surface area contributed by atoms with E-state index in [0.29, 0.717) is 34.4 Å². The third kappa shape index (κ3) is 4.47. The Morgan fingerprint density at radius 3 is 2.62 bits per heavy atom. The van der Waals surface area contributed by atoms with Crippen molar-refractivity contribution in [3.8, 4) is 5.75 Å². The van der Waals surface area contributed by atoms with Crippen LogP contribution in [0.25, 0.3) is 0 Å². The lowest BCUT2D eigenvalue weighted by Gasteiger charge is -2.37. The zero-order valence-corrected chi connectivity index (χ0v) is 15.5. The van der Waals surface area contributed by atoms with Gasteiger partial charge >= 0.3 is 0 Å². The number of carbonyl (C=O) groups is 1. The summed E-state index contributed by atoms with van der Waals surface area (Å²) in [6.07, 6.45) is 1.90. The summed E-state index contributed by atoms with van der Waals surface area (Å²) < 4.78 is 0.615. The highest BCUT2D eigenvalue weighted by molar-refractivity contribution is 9.10. The maximum absolute atomic E-state index is 10.9. The number of carbonyl (C=O) groups excluding carboxylic acids is 1. The Labute approximate surface area is 154 Å². The SMILES string of the molecule is N[C@@H](c1cc(Cl)c(Br)cc1O)C1CCN(C[C@](O)(C=O)CO)CC1. The summed E-state index contributed by atoms with van der Waals surface area (Å²) in [5.74, 6) is 0.264. The molecule has 1 aromatic carbocycles. The standard InChI is InChI=1S/C16H22BrClN2O4/c17-12-6-14(23)11(5-13(12)18)15(19)10-1-3-20(4-2-10)7-16(24,8-21)9-22/h5-6,8,10,15,22-24H,1-4,7,9,19H2/t15-,16+/m1/s1. The molecule has 24 heavy (non-hydrogen) atoms. The third-order valence-corrected chi connectivity index (χ3v) is 5.76. The Bertz CT molecular complexity index is 596. The van der Waals surface area contributed by atoms with Crippen LogP contribution < -0.4 is 5.73 Å². The van der Waals surface area contributed by atoms with Gasteiger partial charge in [-0.05, 0) is 59.9 Å². The number of nitrogens with two attached hydrogens (primary N) is 1. The minimum absolute atomic E-state index is 0.102. The van der Waals surface area contributed by atoms with Crippen molar-refractivity contribution in [2.45, 2.75) is 24.5 Å². The first-order valence-corrected chi connectivity index (χ1v) is 8.92. The molecule has 1 aromatic rings. The molecule has 0 bridgehead atoms. The van der Waals surface area contributed by atoms with Crippen molar-refractivity contribution in [1.82, 2.24) is 4.90 Å². The van der Waals surface area contributed by atoms with Gasteiger partial charge in [-0.3, -0.25) is 9.69 Å². The second-order valence-corrected chi connectivity index (χ2v) is 7.61. The molecule has 0 radical (unpaired) electrons. The molecule has 0 spiro atoms. The number of likely N-dealkylation sites (tertiary alicyclic amines) is 1. The minimum atomic E-state index is -1.72. The van der Waals surface area contributed by atoms with Crippen molar-refractivity contribution in [1.29, 1.82) is 0 Å². The van der Waals surface area contributed by atoms with Gasteiger partial charge in [0.1, 0.15) is 5.75 Å². The van der Waals surface area contributed by atoms with Gasteiger partial charge in [0.05, 0.1) is 11.6 Å². The molecular formula is C16H22BrClN2O4. The molecule has 0 saturated carbocycles. The molecule has 1 aliphatic heterocycles. The summed E-state index contributed by atoms with van der Waals surface area (Å²) in [6, 6.07) is 2.87. The van der Waals surface area contributed by atoms with E-state index in [4.69, 9.17) is 22.4 Å². The highest BCUT2D eigenvalue weighted by Crippen LogP contribution is 2.37. The molecule has 0 amide bonds. The van der Waals surface area contributed by atoms with E-state index >= 15 is 0 Å². The van der Waals surface area contributed by atoms with Crippen LogP contribution in [-0.4, -0.2) is 58.3 Å². The van der Waals surface area contributed by atoms with Crippen LogP contribution in [0.3, 0.4) is 0 Å². The van der Waals surface area contributed by atoms with Gasteiger partial charge < -0.3 is 21.1 Å². The van der Waals surface area contributed by atoms with Crippen LogP contribution in [0, 0.1) is 5.92 Å². The lowest BCUT2D eigenvalue weighted by atomic mass is 9.85. The number of phenols is 1. The number of nitrogens with zero attached hydrogens (tertiary/aromatic N) is 1. The maximum Gasteiger partial charge on any atom is 0.155 e. The molecule has 1 saturated heterocycles. The van der Waals surface area contributed by atoms with Gasteiger partial charge in [0, 0.05) is 22.6 Å². The molecule has 0 aromatic heterocycles. The van der Waals surface area contributed by atoms with E-state index in [0.717, 1.165) is 12.8 Å². The largest absolute Gasteiger partial charge is 0.508 e. The first-order chi connectivity index (χ1) is 11.3. The van der Waals surface area contributed by atoms with Crippen molar-refractivity contribution >= 4 is 33.8 Å². The zero-order valence-electron chi connectivity index (χ0n) is 13.2. The molecule has 6 nitrogen and oxygen atoms in total. The summed E-state index contributed by atoms with van der Waals surface area (Å²) in [5.41, 5.74) is 5.21. The highest BCUT2D eigenvalue weighted by atomic mass is 79.9. The number of hydrogen-bond donors (Lipinski definition) is 4. The smallest absolute Gasteiger partial charge is 0.155 e. The van der Waals surface area contributed by atoms with Gasteiger partial charge in [-0.1, -0.05) is 11.6 Å². The van der Waals surface area contributed by atoms with Crippen molar-refractivity contribution in [3.63, 3.8) is 0 Å². The predicted molar refractivity (Wildman–Crippen MR) is 95.0 cm³/mol. The molecule has 1 aliphatic rings. The first-order valence-electron chi connectivity index (χ1n) is 7.75. The monoisotopic (exact) mass is 420 g/mol. The summed E-state index contributed by atoms with van der Waals surface area (Å²) in [4.78, 5) is 12.8. The quantitative estimate of drug-likeness (QED) is 0.518. The van der Waals surface area contributed by atoms with E-state index in [2.05, 4.69) is 15.9 Å². The van der Waals surface area contributed by atoms with E-state index in [1.54, 1.807) is 6.07 Å². The number of aliphatic hydroxyl groups is 2. The Morgan fingerprint density at radius 2 is 2.08 bits per heavy atom. The van der Waals surface area contributed by atoms with Crippen LogP contribution in [0.2, 0.25) is 5.02 Å².